The van der Waals surface area contributed by atoms with Crippen LogP contribution in [0.15, 0.2) is 12.1 Å². The van der Waals surface area contributed by atoms with E-state index in [1.807, 2.05) is 12.1 Å². The molecular weight excluding hydrogens is 376 g/mol. The molecule has 1 aliphatic carbocycles. The first kappa shape index (κ1) is 18.9. The lowest BCUT2D eigenvalue weighted by molar-refractivity contribution is 0.0935. The van der Waals surface area contributed by atoms with Gasteiger partial charge in [-0.15, -0.1) is 11.3 Å². The summed E-state index contributed by atoms with van der Waals surface area (Å²) in [5.74, 6) is 2.38. The van der Waals surface area contributed by atoms with Crippen LogP contribution in [0, 0.1) is 5.92 Å². The van der Waals surface area contributed by atoms with Gasteiger partial charge in [0.2, 0.25) is 5.75 Å². The normalized spacial score (nSPS) is 20.5. The number of methoxy groups -OCH3 is 3. The summed E-state index contributed by atoms with van der Waals surface area (Å²) in [6.07, 6.45) is 4.07. The highest BCUT2D eigenvalue weighted by molar-refractivity contribution is 7.16. The second kappa shape index (κ2) is 7.54. The number of thiophene rings is 1. The van der Waals surface area contributed by atoms with Gasteiger partial charge >= 0.3 is 0 Å². The highest BCUT2D eigenvalue weighted by Gasteiger charge is 2.34. The molecule has 1 amide bonds. The van der Waals surface area contributed by atoms with E-state index in [1.54, 1.807) is 32.7 Å². The summed E-state index contributed by atoms with van der Waals surface area (Å²) >= 11 is 1.73. The Morgan fingerprint density at radius 1 is 1.11 bits per heavy atom. The minimum atomic E-state index is -0.351. The predicted molar refractivity (Wildman–Crippen MR) is 110 cm³/mol. The summed E-state index contributed by atoms with van der Waals surface area (Å²) in [5.41, 5.74) is 2.92. The van der Waals surface area contributed by atoms with Crippen molar-refractivity contribution in [3.63, 3.8) is 0 Å². The second-order valence-electron chi connectivity index (χ2n) is 7.23. The number of anilines is 1. The standard InChI is InChI=1S/C21H26N2O4S/c1-5-11-6-7-13-16(8-11)28-21-17(13)20(24)22-19(23-21)12-9-14(25-2)18(27-4)15(10-12)26-3/h9-11,19,23H,5-8H2,1-4H3,(H,22,24)/t11-,19-/m0/s1. The van der Waals surface area contributed by atoms with Gasteiger partial charge in [0.1, 0.15) is 11.2 Å². The first-order valence-corrected chi connectivity index (χ1v) is 10.4. The summed E-state index contributed by atoms with van der Waals surface area (Å²) in [7, 11) is 4.75. The van der Waals surface area contributed by atoms with Crippen LogP contribution < -0.4 is 24.8 Å². The lowest BCUT2D eigenvalue weighted by atomic mass is 9.85. The van der Waals surface area contributed by atoms with E-state index in [1.165, 1.54) is 16.9 Å². The van der Waals surface area contributed by atoms with Gasteiger partial charge < -0.3 is 24.8 Å². The molecule has 7 heteroatoms. The fraction of sp³-hybridized carbons (Fsp3) is 0.476. The molecule has 4 rings (SSSR count). The Morgan fingerprint density at radius 3 is 2.43 bits per heavy atom. The van der Waals surface area contributed by atoms with Gasteiger partial charge in [-0.3, -0.25) is 4.79 Å². The lowest BCUT2D eigenvalue weighted by Crippen LogP contribution is -2.38. The van der Waals surface area contributed by atoms with Crippen LogP contribution in [0.1, 0.15) is 52.3 Å². The SMILES string of the molecule is CC[C@H]1CCc2c(sc3c2C(=O)N[C@H](c2cc(OC)c(OC)c(OC)c2)N3)C1. The van der Waals surface area contributed by atoms with Crippen LogP contribution in [0.2, 0.25) is 0 Å². The molecule has 2 aromatic rings. The van der Waals surface area contributed by atoms with Crippen molar-refractivity contribution in [1.29, 1.82) is 0 Å². The van der Waals surface area contributed by atoms with E-state index >= 15 is 0 Å². The summed E-state index contributed by atoms with van der Waals surface area (Å²) < 4.78 is 16.3. The Balaban J connectivity index is 1.69. The number of rotatable bonds is 5. The van der Waals surface area contributed by atoms with E-state index in [4.69, 9.17) is 14.2 Å². The Morgan fingerprint density at radius 2 is 1.82 bits per heavy atom. The molecule has 1 aromatic heterocycles. The Bertz CT molecular complexity index is 883. The van der Waals surface area contributed by atoms with Gasteiger partial charge in [0, 0.05) is 10.4 Å². The molecule has 2 aliphatic rings. The third-order valence-electron chi connectivity index (χ3n) is 5.74. The van der Waals surface area contributed by atoms with Crippen LogP contribution in [0.3, 0.4) is 0 Å². The smallest absolute Gasteiger partial charge is 0.256 e. The summed E-state index contributed by atoms with van der Waals surface area (Å²) in [5, 5.41) is 7.57. The first-order chi connectivity index (χ1) is 13.6. The summed E-state index contributed by atoms with van der Waals surface area (Å²) in [4.78, 5) is 14.3. The zero-order valence-corrected chi connectivity index (χ0v) is 17.5. The zero-order chi connectivity index (χ0) is 19.8. The first-order valence-electron chi connectivity index (χ1n) is 9.61. The minimum absolute atomic E-state index is 0.0139. The molecule has 0 radical (unpaired) electrons. The number of benzene rings is 1. The molecule has 2 N–H and O–H groups in total. The molecule has 1 aromatic carbocycles. The van der Waals surface area contributed by atoms with Crippen LogP contribution in [-0.4, -0.2) is 27.2 Å². The molecular formula is C21H26N2O4S. The molecule has 0 unspecified atom stereocenters. The van der Waals surface area contributed by atoms with Gasteiger partial charge in [-0.05, 0) is 42.9 Å². The number of amides is 1. The van der Waals surface area contributed by atoms with Crippen molar-refractivity contribution in [2.75, 3.05) is 26.6 Å². The van der Waals surface area contributed by atoms with Gasteiger partial charge in [0.15, 0.2) is 11.5 Å². The number of hydrogen-bond acceptors (Lipinski definition) is 6. The number of carbonyl (C=O) groups excluding carboxylic acids is 1. The van der Waals surface area contributed by atoms with Gasteiger partial charge in [0.05, 0.1) is 26.9 Å². The number of fused-ring (bicyclic) bond motifs is 3. The third kappa shape index (κ3) is 3.07. The van der Waals surface area contributed by atoms with Crippen molar-refractivity contribution in [1.82, 2.24) is 5.32 Å². The fourth-order valence-corrected chi connectivity index (χ4v) is 5.54. The van der Waals surface area contributed by atoms with E-state index in [9.17, 15) is 4.79 Å². The fourth-order valence-electron chi connectivity index (χ4n) is 4.15. The second-order valence-corrected chi connectivity index (χ2v) is 8.34. The number of nitrogens with one attached hydrogen (secondary N) is 2. The van der Waals surface area contributed by atoms with E-state index in [0.717, 1.165) is 41.3 Å². The maximum Gasteiger partial charge on any atom is 0.256 e. The molecule has 2 heterocycles. The minimum Gasteiger partial charge on any atom is -0.493 e. The topological polar surface area (TPSA) is 68.8 Å². The Kier molecular flexibility index (Phi) is 5.10. The van der Waals surface area contributed by atoms with E-state index in [2.05, 4.69) is 17.6 Å². The van der Waals surface area contributed by atoms with Crippen molar-refractivity contribution in [2.24, 2.45) is 5.92 Å². The molecule has 6 nitrogen and oxygen atoms in total. The molecule has 0 bridgehead atoms. The molecule has 150 valence electrons. The number of ether oxygens (including phenoxy) is 3. The van der Waals surface area contributed by atoms with E-state index in [0.29, 0.717) is 17.2 Å². The average Bonchev–Trinajstić information content (AvgIpc) is 3.10. The van der Waals surface area contributed by atoms with Gasteiger partial charge in [0.25, 0.3) is 5.91 Å². The van der Waals surface area contributed by atoms with Gasteiger partial charge in [-0.1, -0.05) is 13.3 Å². The van der Waals surface area contributed by atoms with E-state index in [-0.39, 0.29) is 12.1 Å². The van der Waals surface area contributed by atoms with E-state index < -0.39 is 0 Å². The molecule has 28 heavy (non-hydrogen) atoms. The Labute approximate surface area is 169 Å². The highest BCUT2D eigenvalue weighted by atomic mass is 32.1. The quantitative estimate of drug-likeness (QED) is 0.787. The average molecular weight is 403 g/mol. The lowest BCUT2D eigenvalue weighted by Gasteiger charge is -2.28. The van der Waals surface area contributed by atoms with Crippen molar-refractivity contribution >= 4 is 22.2 Å². The summed E-state index contributed by atoms with van der Waals surface area (Å²) in [6, 6.07) is 3.73. The molecule has 0 saturated heterocycles. The Hall–Kier alpha value is -2.41. The van der Waals surface area contributed by atoms with Crippen molar-refractivity contribution in [3.05, 3.63) is 33.7 Å². The van der Waals surface area contributed by atoms with Crippen molar-refractivity contribution < 1.29 is 19.0 Å². The predicted octanol–water partition coefficient (Wildman–Crippen LogP) is 4.14. The van der Waals surface area contributed by atoms with Gasteiger partial charge in [-0.25, -0.2) is 0 Å². The van der Waals surface area contributed by atoms with Crippen LogP contribution in [0.25, 0.3) is 0 Å². The molecule has 0 fully saturated rings. The molecule has 1 aliphatic heterocycles. The monoisotopic (exact) mass is 402 g/mol. The maximum absolute atomic E-state index is 13.0. The van der Waals surface area contributed by atoms with Crippen molar-refractivity contribution in [3.8, 4) is 17.2 Å². The number of hydrogen-bond donors (Lipinski definition) is 2. The van der Waals surface area contributed by atoms with Crippen LogP contribution in [0.4, 0.5) is 5.00 Å². The van der Waals surface area contributed by atoms with Crippen LogP contribution in [-0.2, 0) is 12.8 Å². The van der Waals surface area contributed by atoms with Gasteiger partial charge in [-0.2, -0.15) is 0 Å². The third-order valence-corrected chi connectivity index (χ3v) is 6.93. The highest BCUT2D eigenvalue weighted by Crippen LogP contribution is 2.45. The largest absolute Gasteiger partial charge is 0.493 e. The maximum atomic E-state index is 13.0. The van der Waals surface area contributed by atoms with Crippen molar-refractivity contribution in [2.45, 2.75) is 38.8 Å². The molecule has 2 atom stereocenters. The van der Waals surface area contributed by atoms with Crippen LogP contribution >= 0.6 is 11.3 Å². The number of carbonyl (C=O) groups is 1. The summed E-state index contributed by atoms with van der Waals surface area (Å²) in [6.45, 7) is 2.24. The zero-order valence-electron chi connectivity index (χ0n) is 16.7. The molecule has 0 spiro atoms. The van der Waals surface area contributed by atoms with Crippen LogP contribution in [0.5, 0.6) is 17.2 Å². The molecule has 0 saturated carbocycles.